The van der Waals surface area contributed by atoms with Gasteiger partial charge in [0.25, 0.3) is 0 Å². The topological polar surface area (TPSA) is 29.5 Å². The van der Waals surface area contributed by atoms with E-state index in [1.54, 1.807) is 0 Å². The summed E-state index contributed by atoms with van der Waals surface area (Å²) < 4.78 is 12.9. The molecular weight excluding hydrogens is 599 g/mol. The Kier molecular flexibility index (Phi) is 6.18. The number of furan rings is 2. The number of hydrogen-bond acceptors (Lipinski definition) is 3. The molecule has 0 saturated carbocycles. The van der Waals surface area contributed by atoms with Crippen molar-refractivity contribution < 1.29 is 8.83 Å². The molecule has 0 aliphatic rings. The summed E-state index contributed by atoms with van der Waals surface area (Å²) in [6, 6.07) is 61.9. The van der Waals surface area contributed by atoms with Gasteiger partial charge in [-0.3, -0.25) is 0 Å². The van der Waals surface area contributed by atoms with Gasteiger partial charge in [-0.1, -0.05) is 115 Å². The molecule has 230 valence electrons. The fourth-order valence-electron chi connectivity index (χ4n) is 7.42. The van der Waals surface area contributed by atoms with Crippen molar-refractivity contribution in [2.45, 2.75) is 0 Å². The molecule has 2 aromatic heterocycles. The first-order valence-electron chi connectivity index (χ1n) is 16.6. The lowest BCUT2D eigenvalue weighted by Crippen LogP contribution is -2.09. The molecule has 3 nitrogen and oxygen atoms in total. The molecule has 8 aromatic carbocycles. The van der Waals surface area contributed by atoms with Crippen LogP contribution in [0.25, 0.3) is 76.9 Å². The number of benzene rings is 8. The average Bonchev–Trinajstić information content (AvgIpc) is 3.74. The van der Waals surface area contributed by atoms with Crippen LogP contribution < -0.4 is 4.90 Å². The molecule has 0 aliphatic carbocycles. The fourth-order valence-corrected chi connectivity index (χ4v) is 7.42. The van der Waals surface area contributed by atoms with Crippen LogP contribution in [0.3, 0.4) is 0 Å². The number of anilines is 3. The zero-order valence-corrected chi connectivity index (χ0v) is 26.5. The Morgan fingerprint density at radius 2 is 0.796 bits per heavy atom. The van der Waals surface area contributed by atoms with Gasteiger partial charge in [-0.25, -0.2) is 0 Å². The Hall–Kier alpha value is -6.58. The van der Waals surface area contributed by atoms with Crippen molar-refractivity contribution >= 4 is 71.7 Å². The molecule has 0 atom stereocenters. The van der Waals surface area contributed by atoms with Crippen LogP contribution in [0.4, 0.5) is 17.1 Å². The molecule has 0 radical (unpaired) electrons. The summed E-state index contributed by atoms with van der Waals surface area (Å²) in [7, 11) is 0. The van der Waals surface area contributed by atoms with Crippen molar-refractivity contribution in [1.82, 2.24) is 0 Å². The maximum atomic E-state index is 6.62. The smallest absolute Gasteiger partial charge is 0.136 e. The second-order valence-corrected chi connectivity index (χ2v) is 12.5. The van der Waals surface area contributed by atoms with Crippen LogP contribution in [-0.2, 0) is 0 Å². The normalized spacial score (nSPS) is 11.7. The lowest BCUT2D eigenvalue weighted by molar-refractivity contribution is 0.663. The van der Waals surface area contributed by atoms with E-state index in [1.165, 1.54) is 21.9 Å². The molecule has 0 N–H and O–H groups in total. The van der Waals surface area contributed by atoms with Crippen LogP contribution >= 0.6 is 0 Å². The van der Waals surface area contributed by atoms with E-state index >= 15 is 0 Å². The molecule has 0 aliphatic heterocycles. The summed E-state index contributed by atoms with van der Waals surface area (Å²) in [4.78, 5) is 2.31. The minimum Gasteiger partial charge on any atom is -0.456 e. The first-order chi connectivity index (χ1) is 24.3. The largest absolute Gasteiger partial charge is 0.456 e. The lowest BCUT2D eigenvalue weighted by Gasteiger charge is -2.26. The van der Waals surface area contributed by atoms with Gasteiger partial charge in [0.1, 0.15) is 22.3 Å². The van der Waals surface area contributed by atoms with E-state index in [4.69, 9.17) is 8.83 Å². The number of nitrogens with zero attached hydrogens (tertiary/aromatic N) is 1. The van der Waals surface area contributed by atoms with Crippen molar-refractivity contribution in [3.05, 3.63) is 176 Å². The summed E-state index contributed by atoms with van der Waals surface area (Å²) >= 11 is 0. The molecule has 0 fully saturated rings. The van der Waals surface area contributed by atoms with Crippen LogP contribution in [0.5, 0.6) is 0 Å². The van der Waals surface area contributed by atoms with E-state index < -0.39 is 0 Å². The van der Waals surface area contributed by atoms with Gasteiger partial charge < -0.3 is 13.7 Å². The Morgan fingerprint density at radius 1 is 0.306 bits per heavy atom. The third-order valence-corrected chi connectivity index (χ3v) is 9.67. The number of hydrogen-bond donors (Lipinski definition) is 0. The molecular formula is C46H29NO2. The second-order valence-electron chi connectivity index (χ2n) is 12.5. The molecule has 10 aromatic rings. The second kappa shape index (κ2) is 11.0. The van der Waals surface area contributed by atoms with E-state index in [0.29, 0.717) is 0 Å². The lowest BCUT2D eigenvalue weighted by atomic mass is 9.94. The monoisotopic (exact) mass is 627 g/mol. The predicted octanol–water partition coefficient (Wildman–Crippen LogP) is 13.4. The third kappa shape index (κ3) is 4.44. The summed E-state index contributed by atoms with van der Waals surface area (Å²) in [6.45, 7) is 0. The van der Waals surface area contributed by atoms with Gasteiger partial charge in [-0.15, -0.1) is 0 Å². The maximum Gasteiger partial charge on any atom is 0.136 e. The molecule has 49 heavy (non-hydrogen) atoms. The van der Waals surface area contributed by atoms with Crippen molar-refractivity contribution in [2.24, 2.45) is 0 Å². The van der Waals surface area contributed by atoms with Gasteiger partial charge >= 0.3 is 0 Å². The molecule has 0 unspecified atom stereocenters. The highest BCUT2D eigenvalue weighted by molar-refractivity contribution is 6.31. The number of rotatable bonds is 5. The van der Waals surface area contributed by atoms with Gasteiger partial charge in [0.05, 0.1) is 0 Å². The third-order valence-electron chi connectivity index (χ3n) is 9.67. The maximum absolute atomic E-state index is 6.62. The minimum atomic E-state index is 0.864. The first-order valence-corrected chi connectivity index (χ1v) is 16.6. The van der Waals surface area contributed by atoms with Crippen molar-refractivity contribution in [3.63, 3.8) is 0 Å². The Bertz CT molecular complexity index is 2790. The molecule has 0 spiro atoms. The fraction of sp³-hybridized carbons (Fsp3) is 0. The molecule has 0 saturated heterocycles. The van der Waals surface area contributed by atoms with Crippen LogP contribution in [0.2, 0.25) is 0 Å². The van der Waals surface area contributed by atoms with Crippen LogP contribution in [0, 0.1) is 0 Å². The minimum absolute atomic E-state index is 0.864. The Morgan fingerprint density at radius 3 is 1.51 bits per heavy atom. The van der Waals surface area contributed by atoms with Gasteiger partial charge in [0, 0.05) is 38.6 Å². The van der Waals surface area contributed by atoms with Crippen LogP contribution in [0.15, 0.2) is 185 Å². The summed E-state index contributed by atoms with van der Waals surface area (Å²) in [5.41, 5.74) is 11.5. The van der Waals surface area contributed by atoms with Crippen molar-refractivity contribution in [1.29, 1.82) is 0 Å². The highest BCUT2D eigenvalue weighted by atomic mass is 16.3. The highest BCUT2D eigenvalue weighted by Crippen LogP contribution is 2.45. The Labute approximate surface area is 282 Å². The molecule has 3 heteroatoms. The van der Waals surface area contributed by atoms with Gasteiger partial charge in [0.2, 0.25) is 0 Å². The summed E-state index contributed by atoms with van der Waals surface area (Å²) in [5.74, 6) is 0. The van der Waals surface area contributed by atoms with E-state index in [-0.39, 0.29) is 0 Å². The van der Waals surface area contributed by atoms with Gasteiger partial charge in [0.15, 0.2) is 0 Å². The van der Waals surface area contributed by atoms with Crippen molar-refractivity contribution in [2.75, 3.05) is 4.90 Å². The molecule has 0 amide bonds. The average molecular weight is 628 g/mol. The van der Waals surface area contributed by atoms with E-state index in [1.807, 2.05) is 24.3 Å². The highest BCUT2D eigenvalue weighted by Gasteiger charge is 2.20. The molecule has 10 rings (SSSR count). The standard InChI is InChI=1S/C46H29NO2/c1-3-11-30(12-4-1)31-19-23-34(24-20-31)47(33-13-5-2-6-14-33)35-25-21-32(22-26-35)39-29-43-44(37-16-8-7-15-36(37)39)46-42(49-43)28-27-41-45(46)38-17-9-10-18-40(38)48-41/h1-29H. The van der Waals surface area contributed by atoms with Crippen LogP contribution in [-0.4, -0.2) is 0 Å². The summed E-state index contributed by atoms with van der Waals surface area (Å²) in [6.07, 6.45) is 0. The SMILES string of the molecule is c1ccc(-c2ccc(N(c3ccccc3)c3ccc(-c4cc5oc6ccc7oc8ccccc8c7c6c5c5ccccc45)cc3)cc2)cc1. The van der Waals surface area contributed by atoms with Gasteiger partial charge in [-0.05, 0) is 93.7 Å². The van der Waals surface area contributed by atoms with Gasteiger partial charge in [-0.2, -0.15) is 0 Å². The van der Waals surface area contributed by atoms with E-state index in [2.05, 4.69) is 157 Å². The molecule has 2 heterocycles. The zero-order chi connectivity index (χ0) is 32.3. The summed E-state index contributed by atoms with van der Waals surface area (Å²) in [5, 5.41) is 6.79. The first kappa shape index (κ1) is 27.5. The quantitative estimate of drug-likeness (QED) is 0.190. The zero-order valence-electron chi connectivity index (χ0n) is 26.5. The van der Waals surface area contributed by atoms with Crippen LogP contribution in [0.1, 0.15) is 0 Å². The van der Waals surface area contributed by atoms with E-state index in [9.17, 15) is 0 Å². The van der Waals surface area contributed by atoms with Crippen molar-refractivity contribution in [3.8, 4) is 22.3 Å². The van der Waals surface area contributed by atoms with E-state index in [0.717, 1.165) is 72.1 Å². The number of fused-ring (bicyclic) bond motifs is 9. The Balaban J connectivity index is 1.11. The predicted molar refractivity (Wildman–Crippen MR) is 204 cm³/mol. The molecule has 0 bridgehead atoms. The number of para-hydroxylation sites is 2.